The van der Waals surface area contributed by atoms with Gasteiger partial charge in [-0.25, -0.2) is 4.39 Å². The van der Waals surface area contributed by atoms with Crippen molar-refractivity contribution < 1.29 is 18.9 Å². The molecule has 0 bridgehead atoms. The molecule has 1 aromatic heterocycles. The minimum Gasteiger partial charge on any atom is -0.317 e. The highest BCUT2D eigenvalue weighted by molar-refractivity contribution is 7.80. The molecule has 1 aliphatic heterocycles. The summed E-state index contributed by atoms with van der Waals surface area (Å²) >= 11 is 5.15. The van der Waals surface area contributed by atoms with Crippen molar-refractivity contribution in [1.29, 1.82) is 0 Å². The first-order valence-electron chi connectivity index (χ1n) is 9.39. The number of rotatable bonds is 5. The molecule has 0 unspecified atom stereocenters. The monoisotopic (exact) mass is 450 g/mol. The smallest absolute Gasteiger partial charge is 0.269 e. The van der Waals surface area contributed by atoms with E-state index in [1.165, 1.54) is 47.4 Å². The van der Waals surface area contributed by atoms with Crippen LogP contribution in [0, 0.1) is 15.9 Å². The first kappa shape index (κ1) is 21.1. The molecular formula is C22H15FN4O4S. The van der Waals surface area contributed by atoms with Gasteiger partial charge in [-0.05, 0) is 60.3 Å². The van der Waals surface area contributed by atoms with Gasteiger partial charge in [0.15, 0.2) is 5.11 Å². The zero-order valence-corrected chi connectivity index (χ0v) is 17.2. The fraction of sp³-hybridized carbons (Fsp3) is 0.0455. The van der Waals surface area contributed by atoms with Crippen LogP contribution in [0.5, 0.6) is 0 Å². The number of amides is 2. The molecule has 8 nitrogen and oxygen atoms in total. The summed E-state index contributed by atoms with van der Waals surface area (Å²) in [6.45, 7) is 0.0684. The number of nitrogens with one attached hydrogen (secondary N) is 1. The van der Waals surface area contributed by atoms with E-state index in [0.29, 0.717) is 16.9 Å². The molecule has 0 spiro atoms. The number of hydrogen-bond acceptors (Lipinski definition) is 5. The number of hydrogen-bond donors (Lipinski definition) is 1. The molecular weight excluding hydrogens is 435 g/mol. The summed E-state index contributed by atoms with van der Waals surface area (Å²) in [7, 11) is 0. The molecule has 1 saturated heterocycles. The molecule has 0 saturated carbocycles. The Balaban J connectivity index is 1.64. The molecule has 1 fully saturated rings. The maximum atomic E-state index is 13.2. The van der Waals surface area contributed by atoms with Crippen molar-refractivity contribution in [1.82, 2.24) is 14.8 Å². The van der Waals surface area contributed by atoms with Crippen molar-refractivity contribution in [3.05, 3.63) is 99.6 Å². The highest BCUT2D eigenvalue weighted by Gasteiger charge is 2.33. The number of benzene rings is 2. The SMILES string of the molecule is O=C1NC(=S)N(Cc2ccc(F)cc2)C(=O)C1=Cc1cccn1-c1ccc([N+](=O)[O-])cc1. The lowest BCUT2D eigenvalue weighted by atomic mass is 10.1. The molecule has 10 heteroatoms. The molecule has 2 amide bonds. The van der Waals surface area contributed by atoms with Crippen LogP contribution < -0.4 is 5.32 Å². The van der Waals surface area contributed by atoms with E-state index < -0.39 is 22.6 Å². The van der Waals surface area contributed by atoms with Crippen molar-refractivity contribution in [2.24, 2.45) is 0 Å². The van der Waals surface area contributed by atoms with Crippen LogP contribution >= 0.6 is 12.2 Å². The van der Waals surface area contributed by atoms with Crippen molar-refractivity contribution in [3.63, 3.8) is 0 Å². The van der Waals surface area contributed by atoms with E-state index in [-0.39, 0.29) is 22.9 Å². The fourth-order valence-electron chi connectivity index (χ4n) is 3.24. The van der Waals surface area contributed by atoms with Gasteiger partial charge in [-0.3, -0.25) is 29.9 Å². The lowest BCUT2D eigenvalue weighted by Crippen LogP contribution is -2.53. The summed E-state index contributed by atoms with van der Waals surface area (Å²) in [5.74, 6) is -1.62. The number of nitro groups is 1. The number of nitrogens with zero attached hydrogens (tertiary/aromatic N) is 3. The topological polar surface area (TPSA) is 97.5 Å². The lowest BCUT2D eigenvalue weighted by Gasteiger charge is -2.29. The summed E-state index contributed by atoms with van der Waals surface area (Å²) in [4.78, 5) is 37.2. The van der Waals surface area contributed by atoms with Gasteiger partial charge in [0, 0.05) is 29.7 Å². The van der Waals surface area contributed by atoms with E-state index in [4.69, 9.17) is 12.2 Å². The van der Waals surface area contributed by atoms with Gasteiger partial charge in [0.1, 0.15) is 11.4 Å². The summed E-state index contributed by atoms with van der Waals surface area (Å²) in [6.07, 6.45) is 3.14. The van der Waals surface area contributed by atoms with E-state index in [9.17, 15) is 24.1 Å². The van der Waals surface area contributed by atoms with Gasteiger partial charge in [0.05, 0.1) is 11.5 Å². The van der Waals surface area contributed by atoms with E-state index in [2.05, 4.69) is 5.32 Å². The average Bonchev–Trinajstić information content (AvgIpc) is 3.24. The fourth-order valence-corrected chi connectivity index (χ4v) is 3.48. The molecule has 0 aliphatic carbocycles. The zero-order chi connectivity index (χ0) is 22.8. The Morgan fingerprint density at radius 1 is 1.06 bits per heavy atom. The largest absolute Gasteiger partial charge is 0.317 e. The molecule has 0 atom stereocenters. The zero-order valence-electron chi connectivity index (χ0n) is 16.4. The second-order valence-corrected chi connectivity index (χ2v) is 7.30. The van der Waals surface area contributed by atoms with Crippen LogP contribution in [-0.2, 0) is 16.1 Å². The van der Waals surface area contributed by atoms with Crippen molar-refractivity contribution in [2.45, 2.75) is 6.54 Å². The van der Waals surface area contributed by atoms with E-state index in [1.54, 1.807) is 35.0 Å². The normalized spacial score (nSPS) is 15.2. The first-order valence-corrected chi connectivity index (χ1v) is 9.80. The predicted octanol–water partition coefficient (Wildman–Crippen LogP) is 3.35. The number of carbonyl (C=O) groups excluding carboxylic acids is 2. The van der Waals surface area contributed by atoms with Crippen molar-refractivity contribution >= 4 is 40.9 Å². The summed E-state index contributed by atoms with van der Waals surface area (Å²) in [5.41, 5.74) is 1.61. The Bertz CT molecular complexity index is 1270. The van der Waals surface area contributed by atoms with Gasteiger partial charge in [-0.1, -0.05) is 12.1 Å². The number of carbonyl (C=O) groups is 2. The quantitative estimate of drug-likeness (QED) is 0.211. The summed E-state index contributed by atoms with van der Waals surface area (Å²) < 4.78 is 14.9. The Hall–Kier alpha value is -4.18. The Morgan fingerprint density at radius 3 is 2.41 bits per heavy atom. The van der Waals surface area contributed by atoms with Gasteiger partial charge in [0.2, 0.25) is 0 Å². The molecule has 1 N–H and O–H groups in total. The Labute approximate surface area is 186 Å². The second-order valence-electron chi connectivity index (χ2n) is 6.91. The summed E-state index contributed by atoms with van der Waals surface area (Å²) in [6, 6.07) is 14.9. The average molecular weight is 450 g/mol. The third-order valence-corrected chi connectivity index (χ3v) is 5.17. The van der Waals surface area contributed by atoms with Crippen LogP contribution in [0.4, 0.5) is 10.1 Å². The number of aromatic nitrogens is 1. The minimum atomic E-state index is -0.633. The standard InChI is InChI=1S/C22H15FN4O4S/c23-15-5-3-14(4-6-15)13-26-21(29)19(20(28)24-22(26)32)12-18-2-1-11-25(18)16-7-9-17(10-8-16)27(30)31/h1-12H,13H2,(H,24,28,32). The van der Waals surface area contributed by atoms with Gasteiger partial charge >= 0.3 is 0 Å². The number of nitro benzene ring substituents is 1. The minimum absolute atomic E-state index is 0.0350. The second kappa shape index (κ2) is 8.52. The third-order valence-electron chi connectivity index (χ3n) is 4.85. The third kappa shape index (κ3) is 4.16. The van der Waals surface area contributed by atoms with E-state index in [1.807, 2.05) is 0 Å². The number of halogens is 1. The van der Waals surface area contributed by atoms with Crippen LogP contribution in [0.15, 0.2) is 72.4 Å². The van der Waals surface area contributed by atoms with Gasteiger partial charge < -0.3 is 4.57 Å². The van der Waals surface area contributed by atoms with Gasteiger partial charge in [-0.15, -0.1) is 0 Å². The number of non-ortho nitro benzene ring substituents is 1. The molecule has 3 aromatic rings. The van der Waals surface area contributed by atoms with Gasteiger partial charge in [-0.2, -0.15) is 0 Å². The van der Waals surface area contributed by atoms with E-state index in [0.717, 1.165) is 0 Å². The molecule has 4 rings (SSSR count). The van der Waals surface area contributed by atoms with Crippen molar-refractivity contribution in [2.75, 3.05) is 0 Å². The van der Waals surface area contributed by atoms with Crippen LogP contribution in [0.25, 0.3) is 11.8 Å². The lowest BCUT2D eigenvalue weighted by molar-refractivity contribution is -0.384. The molecule has 160 valence electrons. The van der Waals surface area contributed by atoms with Gasteiger partial charge in [0.25, 0.3) is 17.5 Å². The molecule has 2 heterocycles. The molecule has 32 heavy (non-hydrogen) atoms. The van der Waals surface area contributed by atoms with E-state index >= 15 is 0 Å². The molecule has 1 aliphatic rings. The number of thiocarbonyl (C=S) groups is 1. The molecule has 0 radical (unpaired) electrons. The Kier molecular flexibility index (Phi) is 5.61. The van der Waals surface area contributed by atoms with Crippen LogP contribution in [0.1, 0.15) is 11.3 Å². The first-order chi connectivity index (χ1) is 15.3. The maximum absolute atomic E-state index is 13.2. The highest BCUT2D eigenvalue weighted by atomic mass is 32.1. The predicted molar refractivity (Wildman–Crippen MR) is 118 cm³/mol. The van der Waals surface area contributed by atoms with Crippen LogP contribution in [0.2, 0.25) is 0 Å². The van der Waals surface area contributed by atoms with Crippen LogP contribution in [0.3, 0.4) is 0 Å². The van der Waals surface area contributed by atoms with Crippen LogP contribution in [-0.4, -0.2) is 31.3 Å². The molecule has 2 aromatic carbocycles. The van der Waals surface area contributed by atoms with Crippen molar-refractivity contribution in [3.8, 4) is 5.69 Å². The Morgan fingerprint density at radius 2 is 1.75 bits per heavy atom. The summed E-state index contributed by atoms with van der Waals surface area (Å²) in [5, 5.41) is 13.3. The maximum Gasteiger partial charge on any atom is 0.269 e. The highest BCUT2D eigenvalue weighted by Crippen LogP contribution is 2.21.